The van der Waals surface area contributed by atoms with E-state index in [1.165, 1.54) is 14.0 Å². The van der Waals surface area contributed by atoms with E-state index in [-0.39, 0.29) is 5.91 Å². The number of aromatic nitrogens is 3. The van der Waals surface area contributed by atoms with Crippen LogP contribution in [0.3, 0.4) is 0 Å². The molecular formula is C16H14N4O3. The minimum atomic E-state index is -0.431. The second kappa shape index (κ2) is 5.88. The van der Waals surface area contributed by atoms with Crippen molar-refractivity contribution >= 4 is 28.7 Å². The van der Waals surface area contributed by atoms with E-state index >= 15 is 0 Å². The molecule has 0 aromatic carbocycles. The summed E-state index contributed by atoms with van der Waals surface area (Å²) in [5, 5.41) is 2.63. The van der Waals surface area contributed by atoms with E-state index < -0.39 is 5.97 Å². The molecule has 0 aliphatic heterocycles. The third-order valence-electron chi connectivity index (χ3n) is 3.30. The Morgan fingerprint density at radius 3 is 2.70 bits per heavy atom. The predicted molar refractivity (Wildman–Crippen MR) is 85.0 cm³/mol. The molecule has 7 heteroatoms. The Balaban J connectivity index is 2.07. The van der Waals surface area contributed by atoms with Gasteiger partial charge in [0.25, 0.3) is 0 Å². The Labute approximate surface area is 131 Å². The molecule has 0 unspecified atom stereocenters. The molecule has 0 aliphatic carbocycles. The first-order valence-electron chi connectivity index (χ1n) is 6.88. The summed E-state index contributed by atoms with van der Waals surface area (Å²) in [5.41, 5.74) is 3.25. The van der Waals surface area contributed by atoms with Gasteiger partial charge in [0.2, 0.25) is 5.91 Å². The van der Waals surface area contributed by atoms with Crippen molar-refractivity contribution in [2.45, 2.75) is 6.92 Å². The van der Waals surface area contributed by atoms with E-state index in [4.69, 9.17) is 4.74 Å². The number of ether oxygens (including phenoxy) is 1. The van der Waals surface area contributed by atoms with Crippen LogP contribution in [0.5, 0.6) is 0 Å². The lowest BCUT2D eigenvalue weighted by Gasteiger charge is -2.03. The monoisotopic (exact) mass is 310 g/mol. The Morgan fingerprint density at radius 1 is 1.17 bits per heavy atom. The number of nitrogens with one attached hydrogen (secondary N) is 2. The zero-order chi connectivity index (χ0) is 16.4. The molecule has 7 nitrogen and oxygen atoms in total. The molecular weight excluding hydrogens is 296 g/mol. The van der Waals surface area contributed by atoms with Gasteiger partial charge >= 0.3 is 5.97 Å². The standard InChI is InChI=1S/C16H14N4O3/c1-9(21)19-14-7-10(3-5-18-14)12-8-13-15(20-12)11(4-6-17-13)16(22)23-2/h3-8,20H,1-2H3,(H,18,19,21). The number of rotatable bonds is 3. The molecule has 0 bridgehead atoms. The Hall–Kier alpha value is -3.22. The predicted octanol–water partition coefficient (Wildman–Crippen LogP) is 2.37. The number of anilines is 1. The molecule has 0 atom stereocenters. The highest BCUT2D eigenvalue weighted by Gasteiger charge is 2.14. The molecule has 0 saturated heterocycles. The molecule has 0 fully saturated rings. The summed E-state index contributed by atoms with van der Waals surface area (Å²) in [7, 11) is 1.33. The first kappa shape index (κ1) is 14.7. The van der Waals surface area contributed by atoms with Crippen LogP contribution in [0, 0.1) is 0 Å². The first-order chi connectivity index (χ1) is 11.1. The van der Waals surface area contributed by atoms with Crippen LogP contribution in [-0.2, 0) is 9.53 Å². The highest BCUT2D eigenvalue weighted by molar-refractivity contribution is 6.03. The van der Waals surface area contributed by atoms with Gasteiger partial charge in [-0.1, -0.05) is 0 Å². The maximum absolute atomic E-state index is 11.8. The number of carbonyl (C=O) groups excluding carboxylic acids is 2. The van der Waals surface area contributed by atoms with E-state index in [1.54, 1.807) is 30.6 Å². The number of fused-ring (bicyclic) bond motifs is 1. The van der Waals surface area contributed by atoms with E-state index in [2.05, 4.69) is 20.3 Å². The summed E-state index contributed by atoms with van der Waals surface area (Å²) in [6, 6.07) is 6.97. The van der Waals surface area contributed by atoms with Crippen LogP contribution in [-0.4, -0.2) is 33.9 Å². The molecule has 3 aromatic rings. The summed E-state index contributed by atoms with van der Waals surface area (Å²) in [4.78, 5) is 34.5. The van der Waals surface area contributed by atoms with Crippen molar-refractivity contribution in [1.29, 1.82) is 0 Å². The molecule has 3 rings (SSSR count). The van der Waals surface area contributed by atoms with Gasteiger partial charge in [0.05, 0.1) is 23.7 Å². The van der Waals surface area contributed by atoms with Crippen molar-refractivity contribution in [3.63, 3.8) is 0 Å². The third-order valence-corrected chi connectivity index (χ3v) is 3.30. The maximum atomic E-state index is 11.8. The second-order valence-corrected chi connectivity index (χ2v) is 4.90. The molecule has 23 heavy (non-hydrogen) atoms. The lowest BCUT2D eigenvalue weighted by atomic mass is 10.2. The Kier molecular flexibility index (Phi) is 3.76. The van der Waals surface area contributed by atoms with E-state index in [0.29, 0.717) is 22.4 Å². The average molecular weight is 310 g/mol. The number of hydrogen-bond acceptors (Lipinski definition) is 5. The second-order valence-electron chi connectivity index (χ2n) is 4.90. The van der Waals surface area contributed by atoms with Crippen molar-refractivity contribution in [3.8, 4) is 11.3 Å². The number of carbonyl (C=O) groups is 2. The summed E-state index contributed by atoms with van der Waals surface area (Å²) < 4.78 is 4.78. The molecule has 0 saturated carbocycles. The average Bonchev–Trinajstić information content (AvgIpc) is 2.98. The first-order valence-corrected chi connectivity index (χ1v) is 6.88. The minimum Gasteiger partial charge on any atom is -0.465 e. The normalized spacial score (nSPS) is 10.5. The van der Waals surface area contributed by atoms with Crippen molar-refractivity contribution < 1.29 is 14.3 Å². The zero-order valence-electron chi connectivity index (χ0n) is 12.6. The number of esters is 1. The lowest BCUT2D eigenvalue weighted by Crippen LogP contribution is -2.07. The number of amides is 1. The molecule has 3 heterocycles. The van der Waals surface area contributed by atoms with E-state index in [9.17, 15) is 9.59 Å². The molecule has 0 spiro atoms. The summed E-state index contributed by atoms with van der Waals surface area (Å²) >= 11 is 0. The third kappa shape index (κ3) is 2.89. The van der Waals surface area contributed by atoms with Crippen LogP contribution in [0.1, 0.15) is 17.3 Å². The summed E-state index contributed by atoms with van der Waals surface area (Å²) in [6.07, 6.45) is 3.16. The fraction of sp³-hybridized carbons (Fsp3) is 0.125. The fourth-order valence-electron chi connectivity index (χ4n) is 2.31. The molecule has 3 aromatic heterocycles. The van der Waals surface area contributed by atoms with Gasteiger partial charge in [-0.05, 0) is 24.3 Å². The summed E-state index contributed by atoms with van der Waals surface area (Å²) in [6.45, 7) is 1.42. The number of aromatic amines is 1. The van der Waals surface area contributed by atoms with Crippen LogP contribution in [0.25, 0.3) is 22.3 Å². The molecule has 116 valence electrons. The number of methoxy groups -OCH3 is 1. The van der Waals surface area contributed by atoms with Crippen molar-refractivity contribution in [1.82, 2.24) is 15.0 Å². The quantitative estimate of drug-likeness (QED) is 0.724. The van der Waals surface area contributed by atoms with E-state index in [0.717, 1.165) is 11.3 Å². The topological polar surface area (TPSA) is 97.0 Å². The molecule has 0 aliphatic rings. The zero-order valence-corrected chi connectivity index (χ0v) is 12.6. The lowest BCUT2D eigenvalue weighted by molar-refractivity contribution is -0.114. The van der Waals surface area contributed by atoms with Gasteiger partial charge in [-0.15, -0.1) is 0 Å². The summed E-state index contributed by atoms with van der Waals surface area (Å²) in [5.74, 6) is -0.171. The van der Waals surface area contributed by atoms with Crippen molar-refractivity contribution in [3.05, 3.63) is 42.2 Å². The van der Waals surface area contributed by atoms with Gasteiger partial charge in [-0.25, -0.2) is 9.78 Å². The molecule has 2 N–H and O–H groups in total. The highest BCUT2D eigenvalue weighted by Crippen LogP contribution is 2.26. The van der Waals surface area contributed by atoms with Crippen LogP contribution < -0.4 is 5.32 Å². The van der Waals surface area contributed by atoms with Gasteiger partial charge < -0.3 is 15.0 Å². The molecule has 1 amide bonds. The SMILES string of the molecule is COC(=O)c1ccnc2cc(-c3ccnc(NC(C)=O)c3)[nH]c12. The van der Waals surface area contributed by atoms with Crippen LogP contribution in [0.2, 0.25) is 0 Å². The Morgan fingerprint density at radius 2 is 1.96 bits per heavy atom. The molecule has 0 radical (unpaired) electrons. The van der Waals surface area contributed by atoms with Gasteiger partial charge in [0, 0.05) is 30.6 Å². The number of H-pyrrole nitrogens is 1. The fourth-order valence-corrected chi connectivity index (χ4v) is 2.31. The van der Waals surface area contributed by atoms with Gasteiger partial charge in [0.1, 0.15) is 5.82 Å². The van der Waals surface area contributed by atoms with Gasteiger partial charge in [-0.3, -0.25) is 9.78 Å². The smallest absolute Gasteiger partial charge is 0.340 e. The number of pyridine rings is 2. The largest absolute Gasteiger partial charge is 0.465 e. The van der Waals surface area contributed by atoms with E-state index in [1.807, 2.05) is 6.07 Å². The van der Waals surface area contributed by atoms with Crippen molar-refractivity contribution in [2.75, 3.05) is 12.4 Å². The number of nitrogens with zero attached hydrogens (tertiary/aromatic N) is 2. The maximum Gasteiger partial charge on any atom is 0.340 e. The minimum absolute atomic E-state index is 0.194. The number of hydrogen-bond donors (Lipinski definition) is 2. The van der Waals surface area contributed by atoms with Gasteiger partial charge in [0.15, 0.2) is 0 Å². The van der Waals surface area contributed by atoms with Crippen LogP contribution in [0.15, 0.2) is 36.7 Å². The highest BCUT2D eigenvalue weighted by atomic mass is 16.5. The van der Waals surface area contributed by atoms with Crippen LogP contribution in [0.4, 0.5) is 5.82 Å². The van der Waals surface area contributed by atoms with Crippen molar-refractivity contribution in [2.24, 2.45) is 0 Å². The van der Waals surface area contributed by atoms with Gasteiger partial charge in [-0.2, -0.15) is 0 Å². The Bertz CT molecular complexity index is 901. The van der Waals surface area contributed by atoms with Crippen LogP contribution >= 0.6 is 0 Å².